The summed E-state index contributed by atoms with van der Waals surface area (Å²) in [7, 11) is -3.79. The van der Waals surface area contributed by atoms with Gasteiger partial charge >= 0.3 is 0 Å². The predicted molar refractivity (Wildman–Crippen MR) is 119 cm³/mol. The molecule has 2 N–H and O–H groups in total. The Kier molecular flexibility index (Phi) is 6.28. The number of sulfonamides is 1. The highest BCUT2D eigenvalue weighted by molar-refractivity contribution is 7.92. The van der Waals surface area contributed by atoms with Crippen LogP contribution in [0.5, 0.6) is 0 Å². The maximum Gasteiger partial charge on any atom is 0.232 e. The molecule has 0 unspecified atom stereocenters. The van der Waals surface area contributed by atoms with Crippen molar-refractivity contribution in [3.8, 4) is 0 Å². The Hall–Kier alpha value is -2.81. The number of hydrogen-bond acceptors (Lipinski definition) is 4. The lowest BCUT2D eigenvalue weighted by Gasteiger charge is -2.12. The van der Waals surface area contributed by atoms with Crippen LogP contribution in [-0.2, 0) is 16.4 Å². The van der Waals surface area contributed by atoms with Crippen LogP contribution in [0, 0.1) is 11.6 Å². The summed E-state index contributed by atoms with van der Waals surface area (Å²) in [4.78, 5) is 20.3. The van der Waals surface area contributed by atoms with Crippen molar-refractivity contribution in [2.24, 2.45) is 0 Å². The van der Waals surface area contributed by atoms with Crippen molar-refractivity contribution in [3.63, 3.8) is 0 Å². The SMILES string of the molecule is CCCS(=O)(=O)Nc1ccc(F)c(C(=O)Cc2cnc3[nH]cc(C4CCCC4)c3c2)c1F. The second kappa shape index (κ2) is 8.97. The number of anilines is 1. The van der Waals surface area contributed by atoms with Crippen molar-refractivity contribution in [2.45, 2.75) is 51.4 Å². The van der Waals surface area contributed by atoms with Gasteiger partial charge < -0.3 is 4.98 Å². The van der Waals surface area contributed by atoms with Gasteiger partial charge in [-0.2, -0.15) is 0 Å². The molecule has 6 nitrogen and oxygen atoms in total. The molecule has 1 aliphatic rings. The maximum atomic E-state index is 14.9. The lowest BCUT2D eigenvalue weighted by Crippen LogP contribution is -2.19. The fourth-order valence-corrected chi connectivity index (χ4v) is 5.52. The minimum absolute atomic E-state index is 0.210. The van der Waals surface area contributed by atoms with E-state index >= 15 is 0 Å². The number of carbonyl (C=O) groups excluding carboxylic acids is 1. The first-order valence-corrected chi connectivity index (χ1v) is 12.4. The first-order chi connectivity index (χ1) is 15.3. The number of nitrogens with one attached hydrogen (secondary N) is 2. The number of fused-ring (bicyclic) bond motifs is 1. The number of aromatic nitrogens is 2. The van der Waals surface area contributed by atoms with Crippen molar-refractivity contribution >= 4 is 32.5 Å². The predicted octanol–water partition coefficient (Wildman–Crippen LogP) is 5.08. The van der Waals surface area contributed by atoms with Gasteiger partial charge in [0, 0.05) is 24.2 Å². The fourth-order valence-electron chi connectivity index (χ4n) is 4.39. The molecular weight excluding hydrogens is 436 g/mol. The molecule has 1 fully saturated rings. The number of ketones is 1. The summed E-state index contributed by atoms with van der Waals surface area (Å²) in [6.45, 7) is 1.67. The van der Waals surface area contributed by atoms with E-state index in [9.17, 15) is 22.0 Å². The van der Waals surface area contributed by atoms with Crippen LogP contribution in [-0.4, -0.2) is 29.9 Å². The van der Waals surface area contributed by atoms with Crippen LogP contribution in [0.4, 0.5) is 14.5 Å². The number of aromatic amines is 1. The summed E-state index contributed by atoms with van der Waals surface area (Å²) in [6.07, 6.45) is 8.11. The highest BCUT2D eigenvalue weighted by Crippen LogP contribution is 2.37. The summed E-state index contributed by atoms with van der Waals surface area (Å²) in [5.74, 6) is -2.79. The van der Waals surface area contributed by atoms with Gasteiger partial charge in [-0.1, -0.05) is 19.8 Å². The van der Waals surface area contributed by atoms with Gasteiger partial charge in [0.2, 0.25) is 10.0 Å². The standard InChI is InChI=1S/C23H25F2N3O3S/c1-2-9-32(30,31)28-19-8-7-18(24)21(22(19)25)20(29)11-14-10-16-17(15-5-3-4-6-15)13-27-23(16)26-12-14/h7-8,10,12-13,15,28H,2-6,9,11H2,1H3,(H,26,27). The van der Waals surface area contributed by atoms with Crippen molar-refractivity contribution in [1.29, 1.82) is 0 Å². The molecule has 1 aromatic carbocycles. The minimum atomic E-state index is -3.79. The summed E-state index contributed by atoms with van der Waals surface area (Å²) in [5, 5.41) is 0.921. The number of nitrogens with zero attached hydrogens (tertiary/aromatic N) is 1. The maximum absolute atomic E-state index is 14.9. The largest absolute Gasteiger partial charge is 0.346 e. The number of hydrogen-bond donors (Lipinski definition) is 2. The molecule has 0 amide bonds. The molecule has 0 spiro atoms. The van der Waals surface area contributed by atoms with Gasteiger partial charge in [-0.15, -0.1) is 0 Å². The Labute approximate surface area is 185 Å². The van der Waals surface area contributed by atoms with E-state index in [2.05, 4.69) is 14.7 Å². The van der Waals surface area contributed by atoms with E-state index in [0.717, 1.165) is 35.9 Å². The molecule has 0 atom stereocenters. The Balaban J connectivity index is 1.62. The highest BCUT2D eigenvalue weighted by Gasteiger charge is 2.24. The highest BCUT2D eigenvalue weighted by atomic mass is 32.2. The van der Waals surface area contributed by atoms with Crippen molar-refractivity contribution in [2.75, 3.05) is 10.5 Å². The molecule has 9 heteroatoms. The number of halogens is 2. The molecular formula is C23H25F2N3O3S. The molecule has 2 heterocycles. The Morgan fingerprint density at radius 1 is 1.25 bits per heavy atom. The zero-order valence-corrected chi connectivity index (χ0v) is 18.6. The fraction of sp³-hybridized carbons (Fsp3) is 0.391. The molecule has 0 bridgehead atoms. The summed E-state index contributed by atoms with van der Waals surface area (Å²) < 4.78 is 55.4. The number of Topliss-reactive ketones (excluding diaryl/α,β-unsaturated/α-hetero) is 1. The van der Waals surface area contributed by atoms with Gasteiger partial charge in [0.25, 0.3) is 0 Å². The van der Waals surface area contributed by atoms with Crippen LogP contribution in [0.2, 0.25) is 0 Å². The Morgan fingerprint density at radius 2 is 2.00 bits per heavy atom. The van der Waals surface area contributed by atoms with Gasteiger partial charge in [-0.3, -0.25) is 9.52 Å². The van der Waals surface area contributed by atoms with E-state index in [0.29, 0.717) is 23.5 Å². The summed E-state index contributed by atoms with van der Waals surface area (Å²) >= 11 is 0. The summed E-state index contributed by atoms with van der Waals surface area (Å²) in [5.41, 5.74) is 1.21. The van der Waals surface area contributed by atoms with Gasteiger partial charge in [0.1, 0.15) is 11.5 Å². The minimum Gasteiger partial charge on any atom is -0.346 e. The average Bonchev–Trinajstić information content (AvgIpc) is 3.39. The molecule has 3 aromatic rings. The van der Waals surface area contributed by atoms with Crippen LogP contribution in [0.25, 0.3) is 11.0 Å². The molecule has 2 aromatic heterocycles. The van der Waals surface area contributed by atoms with Crippen molar-refractivity contribution in [3.05, 3.63) is 58.9 Å². The molecule has 0 radical (unpaired) electrons. The van der Waals surface area contributed by atoms with Crippen molar-refractivity contribution in [1.82, 2.24) is 9.97 Å². The number of benzene rings is 1. The topological polar surface area (TPSA) is 91.9 Å². The lowest BCUT2D eigenvalue weighted by atomic mass is 9.96. The second-order valence-corrected chi connectivity index (χ2v) is 10.1. The van der Waals surface area contributed by atoms with E-state index in [1.54, 1.807) is 6.92 Å². The van der Waals surface area contributed by atoms with E-state index in [4.69, 9.17) is 0 Å². The van der Waals surface area contributed by atoms with Gasteiger partial charge in [0.05, 0.1) is 17.0 Å². The first-order valence-electron chi connectivity index (χ1n) is 10.8. The lowest BCUT2D eigenvalue weighted by molar-refractivity contribution is 0.0985. The van der Waals surface area contributed by atoms with Crippen molar-refractivity contribution < 1.29 is 22.0 Å². The van der Waals surface area contributed by atoms with Crippen LogP contribution in [0.15, 0.2) is 30.6 Å². The smallest absolute Gasteiger partial charge is 0.232 e. The number of rotatable bonds is 8. The molecule has 170 valence electrons. The van der Waals surface area contributed by atoms with Gasteiger partial charge in [-0.25, -0.2) is 22.2 Å². The van der Waals surface area contributed by atoms with Gasteiger partial charge in [-0.05, 0) is 54.5 Å². The molecule has 1 saturated carbocycles. The Morgan fingerprint density at radius 3 is 2.72 bits per heavy atom. The third-order valence-electron chi connectivity index (χ3n) is 5.89. The zero-order valence-electron chi connectivity index (χ0n) is 17.7. The van der Waals surface area contributed by atoms with E-state index < -0.39 is 38.7 Å². The number of carbonyl (C=O) groups is 1. The summed E-state index contributed by atoms with van der Waals surface area (Å²) in [6, 6.07) is 3.72. The molecule has 4 rings (SSSR count). The van der Waals surface area contributed by atoms with E-state index in [1.165, 1.54) is 19.0 Å². The first kappa shape index (κ1) is 22.4. The average molecular weight is 462 g/mol. The van der Waals surface area contributed by atoms with Crippen LogP contribution >= 0.6 is 0 Å². The van der Waals surface area contributed by atoms with E-state index in [-0.39, 0.29) is 12.2 Å². The Bertz CT molecular complexity index is 1260. The third kappa shape index (κ3) is 4.53. The van der Waals surface area contributed by atoms with Gasteiger partial charge in [0.15, 0.2) is 11.6 Å². The van der Waals surface area contributed by atoms with Crippen LogP contribution < -0.4 is 4.72 Å². The quantitative estimate of drug-likeness (QED) is 0.458. The van der Waals surface area contributed by atoms with Crippen LogP contribution in [0.1, 0.15) is 66.4 Å². The zero-order chi connectivity index (χ0) is 22.9. The normalized spacial score (nSPS) is 14.8. The molecule has 1 aliphatic carbocycles. The van der Waals surface area contributed by atoms with E-state index in [1.807, 2.05) is 12.3 Å². The third-order valence-corrected chi connectivity index (χ3v) is 7.36. The number of H-pyrrole nitrogens is 1. The molecule has 32 heavy (non-hydrogen) atoms. The second-order valence-electron chi connectivity index (χ2n) is 8.27. The monoisotopic (exact) mass is 461 g/mol. The molecule has 0 saturated heterocycles. The van der Waals surface area contributed by atoms with Crippen LogP contribution in [0.3, 0.4) is 0 Å². The number of pyridine rings is 1. The molecule has 0 aliphatic heterocycles.